The molecule has 0 aromatic heterocycles. The number of nitro groups is 1. The Hall–Kier alpha value is -2.42. The minimum absolute atomic E-state index is 0.00195. The maximum Gasteiger partial charge on any atom is 0.523 e. The average Bonchev–Trinajstić information content (AvgIpc) is 2.72. The predicted molar refractivity (Wildman–Crippen MR) is 107 cm³/mol. The molecule has 0 spiro atoms. The van der Waals surface area contributed by atoms with Crippen LogP contribution >= 0.6 is 0 Å². The Bertz CT molecular complexity index is 700. The van der Waals surface area contributed by atoms with Crippen LogP contribution in [0, 0.1) is 10.1 Å². The molecule has 0 atom stereocenters. The third-order valence-electron chi connectivity index (χ3n) is 4.19. The lowest BCUT2D eigenvalue weighted by Gasteiger charge is -2.08. The van der Waals surface area contributed by atoms with Crippen molar-refractivity contribution >= 4 is 18.3 Å². The molecular formula is C20H26BNO6. The number of hydrogen-bond acceptors (Lipinski definition) is 6. The molecule has 0 heterocycles. The summed E-state index contributed by atoms with van der Waals surface area (Å²) < 4.78 is 5.52. The molecule has 2 rings (SSSR count). The van der Waals surface area contributed by atoms with Gasteiger partial charge < -0.3 is 9.76 Å². The number of benzene rings is 2. The predicted octanol–water partition coefficient (Wildman–Crippen LogP) is 3.65. The highest BCUT2D eigenvalue weighted by Gasteiger charge is 2.16. The summed E-state index contributed by atoms with van der Waals surface area (Å²) in [6, 6.07) is 15.5. The van der Waals surface area contributed by atoms with Crippen LogP contribution in [-0.4, -0.2) is 30.3 Å². The Morgan fingerprint density at radius 2 is 1.46 bits per heavy atom. The molecule has 0 radical (unpaired) electrons. The third kappa shape index (κ3) is 8.08. The Balaban J connectivity index is 1.43. The van der Waals surface area contributed by atoms with Crippen molar-refractivity contribution in [3.05, 3.63) is 64.7 Å². The number of nitrogens with zero attached hydrogens (tertiary/aromatic N) is 1. The van der Waals surface area contributed by atoms with Gasteiger partial charge in [-0.05, 0) is 24.4 Å². The van der Waals surface area contributed by atoms with Crippen LogP contribution in [0.1, 0.15) is 38.5 Å². The number of rotatable bonds is 14. The SMILES string of the molecule is O=[N+]([O-])c1ccccc1OCCCCCCCCOOB(O)c1ccccc1. The van der Waals surface area contributed by atoms with Gasteiger partial charge in [0.2, 0.25) is 0 Å². The molecule has 0 fully saturated rings. The number of nitro benzene ring substituents is 1. The van der Waals surface area contributed by atoms with Crippen molar-refractivity contribution in [1.29, 1.82) is 0 Å². The molecule has 0 saturated heterocycles. The van der Waals surface area contributed by atoms with E-state index < -0.39 is 12.0 Å². The Morgan fingerprint density at radius 3 is 2.18 bits per heavy atom. The van der Waals surface area contributed by atoms with Crippen molar-refractivity contribution in [3.63, 3.8) is 0 Å². The lowest BCUT2D eigenvalue weighted by Crippen LogP contribution is -2.33. The first kappa shape index (κ1) is 21.9. The molecule has 0 bridgehead atoms. The lowest BCUT2D eigenvalue weighted by atomic mass is 9.80. The summed E-state index contributed by atoms with van der Waals surface area (Å²) in [5, 5.41) is 20.7. The number of ether oxygens (including phenoxy) is 1. The quantitative estimate of drug-likeness (QED) is 0.175. The maximum atomic E-state index is 10.9. The van der Waals surface area contributed by atoms with E-state index in [4.69, 9.17) is 14.4 Å². The van der Waals surface area contributed by atoms with Crippen LogP contribution in [0.3, 0.4) is 0 Å². The van der Waals surface area contributed by atoms with Gasteiger partial charge in [-0.1, -0.05) is 68.1 Å². The molecule has 0 unspecified atom stereocenters. The van der Waals surface area contributed by atoms with Gasteiger partial charge in [-0.3, -0.25) is 14.9 Å². The standard InChI is InChI=1S/C20H26BNO6/c23-21(18-12-6-5-7-13-18)28-27-17-11-4-2-1-3-10-16-26-20-15-9-8-14-19(20)22(24)25/h5-9,12-15,23H,1-4,10-11,16-17H2. The summed E-state index contributed by atoms with van der Waals surface area (Å²) in [6.45, 7) is 0.907. The summed E-state index contributed by atoms with van der Waals surface area (Å²) in [4.78, 5) is 20.5. The van der Waals surface area contributed by atoms with Crippen LogP contribution in [0.15, 0.2) is 54.6 Å². The van der Waals surface area contributed by atoms with Crippen molar-refractivity contribution in [3.8, 4) is 5.75 Å². The van der Waals surface area contributed by atoms with Crippen molar-refractivity contribution in [2.75, 3.05) is 13.2 Å². The van der Waals surface area contributed by atoms with E-state index in [1.165, 1.54) is 6.07 Å². The molecule has 0 aliphatic carbocycles. The fourth-order valence-corrected chi connectivity index (χ4v) is 2.67. The minimum Gasteiger partial charge on any atom is -0.487 e. The monoisotopic (exact) mass is 387 g/mol. The van der Waals surface area contributed by atoms with Gasteiger partial charge in [0.25, 0.3) is 0 Å². The topological polar surface area (TPSA) is 91.1 Å². The minimum atomic E-state index is -1.07. The average molecular weight is 387 g/mol. The number of unbranched alkanes of at least 4 members (excludes halogenated alkanes) is 5. The van der Waals surface area contributed by atoms with Crippen molar-refractivity contribution in [2.24, 2.45) is 0 Å². The summed E-state index contributed by atoms with van der Waals surface area (Å²) in [7, 11) is -1.07. The van der Waals surface area contributed by atoms with E-state index in [1.54, 1.807) is 30.3 Å². The fourth-order valence-electron chi connectivity index (χ4n) is 2.67. The summed E-state index contributed by atoms with van der Waals surface area (Å²) in [6.07, 6.45) is 5.85. The van der Waals surface area contributed by atoms with Crippen LogP contribution < -0.4 is 10.2 Å². The van der Waals surface area contributed by atoms with Gasteiger partial charge in [-0.15, -0.1) is 0 Å². The van der Waals surface area contributed by atoms with E-state index >= 15 is 0 Å². The van der Waals surface area contributed by atoms with Gasteiger partial charge in [0, 0.05) is 6.07 Å². The van der Waals surface area contributed by atoms with Gasteiger partial charge in [-0.2, -0.15) is 0 Å². The molecule has 7 nitrogen and oxygen atoms in total. The second-order valence-electron chi connectivity index (χ2n) is 6.38. The van der Waals surface area contributed by atoms with Crippen molar-refractivity contribution < 1.29 is 24.4 Å². The van der Waals surface area contributed by atoms with E-state index in [0.29, 0.717) is 24.4 Å². The first-order chi connectivity index (χ1) is 13.7. The van der Waals surface area contributed by atoms with E-state index in [2.05, 4.69) is 0 Å². The zero-order valence-corrected chi connectivity index (χ0v) is 15.9. The van der Waals surface area contributed by atoms with Crippen LogP contribution in [0.2, 0.25) is 0 Å². The third-order valence-corrected chi connectivity index (χ3v) is 4.19. The fraction of sp³-hybridized carbons (Fsp3) is 0.400. The lowest BCUT2D eigenvalue weighted by molar-refractivity contribution is -0.385. The highest BCUT2D eigenvalue weighted by Crippen LogP contribution is 2.25. The number of hydrogen-bond donors (Lipinski definition) is 1. The molecule has 28 heavy (non-hydrogen) atoms. The van der Waals surface area contributed by atoms with Gasteiger partial charge in [0.15, 0.2) is 5.75 Å². The van der Waals surface area contributed by atoms with Crippen LogP contribution in [-0.2, 0) is 9.69 Å². The van der Waals surface area contributed by atoms with E-state index in [1.807, 2.05) is 18.2 Å². The molecule has 8 heteroatoms. The molecule has 1 N–H and O–H groups in total. The molecule has 0 aliphatic heterocycles. The zero-order valence-electron chi connectivity index (χ0n) is 15.9. The summed E-state index contributed by atoms with van der Waals surface area (Å²) in [5.41, 5.74) is 0.660. The Kier molecular flexibility index (Phi) is 10.1. The Labute approximate surface area is 165 Å². The van der Waals surface area contributed by atoms with Crippen LogP contribution in [0.5, 0.6) is 5.75 Å². The smallest absolute Gasteiger partial charge is 0.487 e. The molecule has 150 valence electrons. The van der Waals surface area contributed by atoms with Crippen LogP contribution in [0.25, 0.3) is 0 Å². The van der Waals surface area contributed by atoms with Gasteiger partial charge in [0.1, 0.15) is 0 Å². The number of para-hydroxylation sites is 2. The van der Waals surface area contributed by atoms with Gasteiger partial charge in [0.05, 0.1) is 18.1 Å². The van der Waals surface area contributed by atoms with Crippen molar-refractivity contribution in [1.82, 2.24) is 0 Å². The largest absolute Gasteiger partial charge is 0.523 e. The first-order valence-electron chi connectivity index (χ1n) is 9.56. The second-order valence-corrected chi connectivity index (χ2v) is 6.38. The molecule has 0 saturated carbocycles. The highest BCUT2D eigenvalue weighted by molar-refractivity contribution is 6.59. The highest BCUT2D eigenvalue weighted by atomic mass is 17.2. The molecule has 2 aromatic carbocycles. The van der Waals surface area contributed by atoms with E-state index in [9.17, 15) is 15.1 Å². The van der Waals surface area contributed by atoms with Crippen LogP contribution in [0.4, 0.5) is 5.69 Å². The van der Waals surface area contributed by atoms with Gasteiger partial charge in [-0.25, -0.2) is 4.89 Å². The molecular weight excluding hydrogens is 361 g/mol. The summed E-state index contributed by atoms with van der Waals surface area (Å²) in [5.74, 6) is 0.322. The second kappa shape index (κ2) is 12.9. The van der Waals surface area contributed by atoms with E-state index in [-0.39, 0.29) is 5.69 Å². The van der Waals surface area contributed by atoms with Crippen molar-refractivity contribution in [2.45, 2.75) is 38.5 Å². The Morgan fingerprint density at radius 1 is 0.857 bits per heavy atom. The molecule has 2 aromatic rings. The molecule has 0 aliphatic rings. The zero-order chi connectivity index (χ0) is 20.0. The van der Waals surface area contributed by atoms with Gasteiger partial charge >= 0.3 is 12.8 Å². The summed E-state index contributed by atoms with van der Waals surface area (Å²) >= 11 is 0. The normalized spacial score (nSPS) is 10.6. The maximum absolute atomic E-state index is 10.9. The first-order valence-corrected chi connectivity index (χ1v) is 9.56. The molecule has 0 amide bonds. The van der Waals surface area contributed by atoms with E-state index in [0.717, 1.165) is 38.5 Å².